The number of hydrogen-bond donors (Lipinski definition) is 0. The molecule has 1 aromatic rings. The van der Waals surface area contributed by atoms with E-state index in [9.17, 15) is 4.57 Å². The zero-order chi connectivity index (χ0) is 7.94. The molecule has 0 fully saturated rings. The predicted molar refractivity (Wildman–Crippen MR) is 44.4 cm³/mol. The van der Waals surface area contributed by atoms with Gasteiger partial charge in [-0.25, -0.2) is 0 Å². The van der Waals surface area contributed by atoms with Crippen LogP contribution in [0.4, 0.5) is 0 Å². The van der Waals surface area contributed by atoms with Crippen LogP contribution < -0.4 is 4.74 Å². The summed E-state index contributed by atoms with van der Waals surface area (Å²) in [6.07, 6.45) is 0.550. The number of para-hydroxylation sites is 1. The van der Waals surface area contributed by atoms with Crippen LogP contribution in [0.3, 0.4) is 0 Å². The summed E-state index contributed by atoms with van der Waals surface area (Å²) in [5.74, 6) is 0.830. The molecule has 0 bridgehead atoms. The normalized spacial score (nSPS) is 9.82. The first-order valence-corrected chi connectivity index (χ1v) is 4.40. The van der Waals surface area contributed by atoms with Gasteiger partial charge in [0.2, 0.25) is 0 Å². The molecule has 0 aliphatic carbocycles. The van der Waals surface area contributed by atoms with Crippen molar-refractivity contribution in [1.29, 1.82) is 0 Å². The highest BCUT2D eigenvalue weighted by Gasteiger charge is 1.89. The van der Waals surface area contributed by atoms with Crippen LogP contribution in [0.1, 0.15) is 0 Å². The second-order valence-electron chi connectivity index (χ2n) is 2.01. The lowest BCUT2D eigenvalue weighted by Gasteiger charge is -2.01. The summed E-state index contributed by atoms with van der Waals surface area (Å²) < 4.78 is 15.3. The molecule has 0 atom stereocenters. The number of hydrogen-bond acceptors (Lipinski definition) is 2. The summed E-state index contributed by atoms with van der Waals surface area (Å²) in [4.78, 5) is 0. The molecular formula is C8H9O2P. The smallest absolute Gasteiger partial charge is 0.158 e. The molecule has 0 aliphatic heterocycles. The fourth-order valence-corrected chi connectivity index (χ4v) is 0.883. The van der Waals surface area contributed by atoms with E-state index in [4.69, 9.17) is 4.74 Å². The van der Waals surface area contributed by atoms with Gasteiger partial charge in [0.15, 0.2) is 8.46 Å². The van der Waals surface area contributed by atoms with Crippen LogP contribution in [0.15, 0.2) is 30.3 Å². The molecule has 0 spiro atoms. The lowest BCUT2D eigenvalue weighted by molar-refractivity contribution is 0.342. The zero-order valence-corrected chi connectivity index (χ0v) is 6.96. The Balaban J connectivity index is 2.33. The van der Waals surface area contributed by atoms with Gasteiger partial charge in [-0.05, 0) is 12.1 Å². The van der Waals surface area contributed by atoms with Crippen molar-refractivity contribution in [2.45, 2.75) is 0 Å². The number of rotatable bonds is 4. The molecule has 58 valence electrons. The van der Waals surface area contributed by atoms with Crippen LogP contribution in [0.2, 0.25) is 0 Å². The van der Waals surface area contributed by atoms with Crippen LogP contribution in [0.5, 0.6) is 5.75 Å². The number of benzene rings is 1. The summed E-state index contributed by atoms with van der Waals surface area (Å²) in [7, 11) is 0.140. The van der Waals surface area contributed by atoms with E-state index >= 15 is 0 Å². The van der Waals surface area contributed by atoms with Gasteiger partial charge in [0.25, 0.3) is 0 Å². The molecule has 1 rings (SSSR count). The van der Waals surface area contributed by atoms with E-state index in [1.165, 1.54) is 0 Å². The number of ether oxygens (including phenoxy) is 1. The molecule has 2 nitrogen and oxygen atoms in total. The Bertz CT molecular complexity index is 211. The molecule has 0 amide bonds. The summed E-state index contributed by atoms with van der Waals surface area (Å²) in [6.45, 7) is 0.509. The van der Waals surface area contributed by atoms with Crippen molar-refractivity contribution in [1.82, 2.24) is 0 Å². The van der Waals surface area contributed by atoms with Gasteiger partial charge in [-0.1, -0.05) is 18.2 Å². The Morgan fingerprint density at radius 2 is 2.00 bits per heavy atom. The van der Waals surface area contributed by atoms with E-state index in [-0.39, 0.29) is 8.46 Å². The highest BCUT2D eigenvalue weighted by Crippen LogP contribution is 2.08. The molecule has 1 aromatic carbocycles. The first kappa shape index (κ1) is 8.22. The summed E-state index contributed by atoms with van der Waals surface area (Å²) in [5, 5.41) is 0. The van der Waals surface area contributed by atoms with Gasteiger partial charge in [0.05, 0.1) is 12.8 Å². The third-order valence-corrected chi connectivity index (χ3v) is 1.56. The summed E-state index contributed by atoms with van der Waals surface area (Å²) in [5.41, 5.74) is 0. The van der Waals surface area contributed by atoms with Gasteiger partial charge in [-0.15, -0.1) is 0 Å². The van der Waals surface area contributed by atoms with E-state index < -0.39 is 0 Å². The Labute approximate surface area is 67.4 Å². The molecule has 0 saturated carbocycles. The fraction of sp³-hybridized carbons (Fsp3) is 0.250. The van der Waals surface area contributed by atoms with E-state index in [2.05, 4.69) is 0 Å². The minimum Gasteiger partial charge on any atom is -0.493 e. The minimum atomic E-state index is 0.140. The Morgan fingerprint density at radius 1 is 1.27 bits per heavy atom. The van der Waals surface area contributed by atoms with Crippen LogP contribution in [0, 0.1) is 0 Å². The second kappa shape index (κ2) is 4.86. The molecule has 0 saturated heterocycles. The van der Waals surface area contributed by atoms with E-state index in [0.29, 0.717) is 12.8 Å². The molecule has 0 aliphatic rings. The van der Waals surface area contributed by atoms with Gasteiger partial charge in [-0.2, -0.15) is 0 Å². The molecule has 11 heavy (non-hydrogen) atoms. The monoisotopic (exact) mass is 168 g/mol. The van der Waals surface area contributed by atoms with Crippen LogP contribution in [0.25, 0.3) is 0 Å². The zero-order valence-electron chi connectivity index (χ0n) is 6.06. The molecule has 3 heteroatoms. The highest BCUT2D eigenvalue weighted by atomic mass is 31.1. The molecule has 0 unspecified atom stereocenters. The topological polar surface area (TPSA) is 26.3 Å². The van der Waals surface area contributed by atoms with Crippen molar-refractivity contribution >= 4 is 8.46 Å². The standard InChI is InChI=1S/C8H9O2P/c9-11-7-6-10-8-4-2-1-3-5-8/h1-5H,6-7H2. The minimum absolute atomic E-state index is 0.140. The fourth-order valence-electron chi connectivity index (χ4n) is 0.717. The molecule has 0 radical (unpaired) electrons. The van der Waals surface area contributed by atoms with Crippen molar-refractivity contribution in [2.75, 3.05) is 12.8 Å². The average molecular weight is 168 g/mol. The van der Waals surface area contributed by atoms with Crippen molar-refractivity contribution in [3.63, 3.8) is 0 Å². The molecule has 0 aromatic heterocycles. The van der Waals surface area contributed by atoms with Crippen molar-refractivity contribution in [2.24, 2.45) is 0 Å². The predicted octanol–water partition coefficient (Wildman–Crippen LogP) is 2.36. The summed E-state index contributed by atoms with van der Waals surface area (Å²) >= 11 is 0. The van der Waals surface area contributed by atoms with Crippen LogP contribution >= 0.6 is 8.46 Å². The molecule has 0 heterocycles. The van der Waals surface area contributed by atoms with Gasteiger partial charge in [0.1, 0.15) is 5.75 Å². The van der Waals surface area contributed by atoms with Gasteiger partial charge < -0.3 is 4.74 Å². The quantitative estimate of drug-likeness (QED) is 0.509. The van der Waals surface area contributed by atoms with Gasteiger partial charge in [-0.3, -0.25) is 4.57 Å². The Morgan fingerprint density at radius 3 is 2.64 bits per heavy atom. The van der Waals surface area contributed by atoms with Gasteiger partial charge in [0, 0.05) is 0 Å². The Hall–Kier alpha value is -0.880. The third kappa shape index (κ3) is 3.15. The lowest BCUT2D eigenvalue weighted by Crippen LogP contribution is -1.97. The maximum atomic E-state index is 10.0. The van der Waals surface area contributed by atoms with E-state index in [1.54, 1.807) is 0 Å². The van der Waals surface area contributed by atoms with Crippen molar-refractivity contribution in [3.8, 4) is 5.75 Å². The molecular weight excluding hydrogens is 159 g/mol. The maximum absolute atomic E-state index is 10.0. The highest BCUT2D eigenvalue weighted by molar-refractivity contribution is 7.23. The molecule has 0 N–H and O–H groups in total. The van der Waals surface area contributed by atoms with E-state index in [0.717, 1.165) is 5.75 Å². The second-order valence-corrected chi connectivity index (χ2v) is 2.72. The van der Waals surface area contributed by atoms with Crippen LogP contribution in [-0.4, -0.2) is 12.8 Å². The van der Waals surface area contributed by atoms with Crippen LogP contribution in [-0.2, 0) is 4.57 Å². The van der Waals surface area contributed by atoms with Gasteiger partial charge >= 0.3 is 0 Å². The SMILES string of the molecule is O=PCCOc1ccccc1. The first-order valence-electron chi connectivity index (χ1n) is 3.40. The maximum Gasteiger partial charge on any atom is 0.158 e. The third-order valence-electron chi connectivity index (χ3n) is 1.19. The largest absolute Gasteiger partial charge is 0.493 e. The lowest BCUT2D eigenvalue weighted by atomic mass is 10.3. The first-order chi connectivity index (χ1) is 5.43. The van der Waals surface area contributed by atoms with Crippen molar-refractivity contribution < 1.29 is 9.30 Å². The summed E-state index contributed by atoms with van der Waals surface area (Å²) in [6, 6.07) is 9.50. The van der Waals surface area contributed by atoms with E-state index in [1.807, 2.05) is 30.3 Å². The average Bonchev–Trinajstić information content (AvgIpc) is 2.07. The Kier molecular flexibility index (Phi) is 3.63. The van der Waals surface area contributed by atoms with Crippen molar-refractivity contribution in [3.05, 3.63) is 30.3 Å².